The van der Waals surface area contributed by atoms with Gasteiger partial charge in [0.05, 0.1) is 12.2 Å². The van der Waals surface area contributed by atoms with E-state index in [2.05, 4.69) is 10.6 Å². The van der Waals surface area contributed by atoms with E-state index in [0.29, 0.717) is 6.54 Å². The van der Waals surface area contributed by atoms with Crippen molar-refractivity contribution in [2.75, 3.05) is 36.5 Å². The van der Waals surface area contributed by atoms with Crippen LogP contribution in [0.15, 0.2) is 24.3 Å². The number of amides is 1. The van der Waals surface area contributed by atoms with E-state index in [1.165, 1.54) is 12.1 Å². The first-order valence-electron chi connectivity index (χ1n) is 6.17. The van der Waals surface area contributed by atoms with Gasteiger partial charge in [-0.3, -0.25) is 4.79 Å². The lowest BCUT2D eigenvalue weighted by atomic mass is 10.3. The Morgan fingerprint density at radius 2 is 2.11 bits per heavy atom. The molecule has 0 unspecified atom stereocenters. The molecule has 0 aliphatic carbocycles. The Balaban J connectivity index is 2.10. The monoisotopic (exact) mass is 286 g/mol. The van der Waals surface area contributed by atoms with Crippen molar-refractivity contribution < 1.29 is 14.3 Å². The minimum Gasteiger partial charge on any atom is -0.396 e. The molecule has 106 valence electrons. The molecule has 0 fully saturated rings. The highest BCUT2D eigenvalue weighted by molar-refractivity contribution is 7.99. The third-order valence-corrected chi connectivity index (χ3v) is 3.37. The largest absolute Gasteiger partial charge is 0.396 e. The maximum atomic E-state index is 13.3. The molecule has 0 aliphatic rings. The first-order valence-corrected chi connectivity index (χ1v) is 7.33. The number of para-hydroxylation sites is 1. The van der Waals surface area contributed by atoms with Crippen molar-refractivity contribution in [3.63, 3.8) is 0 Å². The standard InChI is InChI=1S/C13H19FN2O2S/c14-11-4-1-2-5-12(11)16-13(18)10-15-6-9-19-8-3-7-17/h1-2,4-5,15,17H,3,6-10H2,(H,16,18). The van der Waals surface area contributed by atoms with Crippen LogP contribution in [0.2, 0.25) is 0 Å². The molecule has 0 aliphatic heterocycles. The van der Waals surface area contributed by atoms with Crippen LogP contribution < -0.4 is 10.6 Å². The summed E-state index contributed by atoms with van der Waals surface area (Å²) in [4.78, 5) is 11.5. The SMILES string of the molecule is O=C(CNCCSCCCO)Nc1ccccc1F. The van der Waals surface area contributed by atoms with Crippen LogP contribution in [-0.2, 0) is 4.79 Å². The lowest BCUT2D eigenvalue weighted by Gasteiger charge is -2.07. The lowest BCUT2D eigenvalue weighted by Crippen LogP contribution is -2.29. The number of nitrogens with one attached hydrogen (secondary N) is 2. The van der Waals surface area contributed by atoms with Crippen LogP contribution in [0.25, 0.3) is 0 Å². The van der Waals surface area contributed by atoms with Crippen LogP contribution in [0.5, 0.6) is 0 Å². The molecule has 0 radical (unpaired) electrons. The molecule has 0 bridgehead atoms. The Morgan fingerprint density at radius 1 is 1.32 bits per heavy atom. The average molecular weight is 286 g/mol. The summed E-state index contributed by atoms with van der Waals surface area (Å²) >= 11 is 1.72. The van der Waals surface area contributed by atoms with E-state index in [9.17, 15) is 9.18 Å². The van der Waals surface area contributed by atoms with Gasteiger partial charge < -0.3 is 15.7 Å². The van der Waals surface area contributed by atoms with Crippen molar-refractivity contribution in [2.45, 2.75) is 6.42 Å². The van der Waals surface area contributed by atoms with E-state index in [-0.39, 0.29) is 24.7 Å². The van der Waals surface area contributed by atoms with Crippen LogP contribution in [0.3, 0.4) is 0 Å². The molecule has 0 atom stereocenters. The number of carbonyl (C=O) groups excluding carboxylic acids is 1. The molecule has 1 aromatic carbocycles. The van der Waals surface area contributed by atoms with Gasteiger partial charge >= 0.3 is 0 Å². The number of carbonyl (C=O) groups is 1. The van der Waals surface area contributed by atoms with Crippen LogP contribution in [0.4, 0.5) is 10.1 Å². The maximum absolute atomic E-state index is 13.3. The van der Waals surface area contributed by atoms with Crippen LogP contribution in [-0.4, -0.2) is 42.2 Å². The second-order valence-electron chi connectivity index (χ2n) is 3.89. The lowest BCUT2D eigenvalue weighted by molar-refractivity contribution is -0.115. The number of aliphatic hydroxyl groups is 1. The van der Waals surface area contributed by atoms with Crippen molar-refractivity contribution in [1.82, 2.24) is 5.32 Å². The van der Waals surface area contributed by atoms with E-state index in [1.807, 2.05) is 0 Å². The molecule has 1 rings (SSSR count). The Bertz CT molecular complexity index is 391. The second kappa shape index (κ2) is 9.77. The number of hydrogen-bond acceptors (Lipinski definition) is 4. The predicted octanol–water partition coefficient (Wildman–Crippen LogP) is 1.47. The molecule has 0 spiro atoms. The number of hydrogen-bond donors (Lipinski definition) is 3. The highest BCUT2D eigenvalue weighted by Crippen LogP contribution is 2.11. The van der Waals surface area contributed by atoms with E-state index in [4.69, 9.17) is 5.11 Å². The summed E-state index contributed by atoms with van der Waals surface area (Å²) in [5.41, 5.74) is 0.201. The third-order valence-electron chi connectivity index (χ3n) is 2.30. The molecule has 1 aromatic rings. The van der Waals surface area contributed by atoms with Crippen molar-refractivity contribution in [3.05, 3.63) is 30.1 Å². The fraction of sp³-hybridized carbons (Fsp3) is 0.462. The van der Waals surface area contributed by atoms with E-state index in [1.54, 1.807) is 23.9 Å². The van der Waals surface area contributed by atoms with E-state index >= 15 is 0 Å². The summed E-state index contributed by atoms with van der Waals surface area (Å²) in [5, 5.41) is 14.1. The minimum atomic E-state index is -0.435. The van der Waals surface area contributed by atoms with E-state index < -0.39 is 5.82 Å². The van der Waals surface area contributed by atoms with Crippen molar-refractivity contribution in [1.29, 1.82) is 0 Å². The number of rotatable bonds is 9. The zero-order valence-corrected chi connectivity index (χ0v) is 11.5. The van der Waals surface area contributed by atoms with Gasteiger partial charge in [0.25, 0.3) is 0 Å². The molecule has 4 nitrogen and oxygen atoms in total. The molecule has 3 N–H and O–H groups in total. The van der Waals surface area contributed by atoms with Crippen molar-refractivity contribution in [3.8, 4) is 0 Å². The number of benzene rings is 1. The Labute approximate surface area is 116 Å². The van der Waals surface area contributed by atoms with Crippen molar-refractivity contribution >= 4 is 23.4 Å². The average Bonchev–Trinajstić information content (AvgIpc) is 2.40. The van der Waals surface area contributed by atoms with Crippen LogP contribution in [0.1, 0.15) is 6.42 Å². The third kappa shape index (κ3) is 7.15. The Kier molecular flexibility index (Phi) is 8.20. The first kappa shape index (κ1) is 15.9. The van der Waals surface area contributed by atoms with Gasteiger partial charge in [-0.1, -0.05) is 12.1 Å². The molecule has 6 heteroatoms. The quantitative estimate of drug-likeness (QED) is 0.602. The molecule has 0 saturated heterocycles. The maximum Gasteiger partial charge on any atom is 0.238 e. The van der Waals surface area contributed by atoms with Gasteiger partial charge in [0.15, 0.2) is 0 Å². The molecular formula is C13H19FN2O2S. The Hall–Kier alpha value is -1.11. The summed E-state index contributed by atoms with van der Waals surface area (Å²) in [5.74, 6) is 1.10. The van der Waals surface area contributed by atoms with Gasteiger partial charge in [0.2, 0.25) is 5.91 Å². The van der Waals surface area contributed by atoms with Gasteiger partial charge in [-0.2, -0.15) is 11.8 Å². The first-order chi connectivity index (χ1) is 9.24. The van der Waals surface area contributed by atoms with Gasteiger partial charge in [-0.15, -0.1) is 0 Å². The molecule has 0 aromatic heterocycles. The molecule has 0 heterocycles. The molecular weight excluding hydrogens is 267 g/mol. The Morgan fingerprint density at radius 3 is 2.84 bits per heavy atom. The minimum absolute atomic E-state index is 0.162. The number of anilines is 1. The zero-order chi connectivity index (χ0) is 13.9. The summed E-state index contributed by atoms with van der Waals surface area (Å²) in [6.45, 7) is 1.08. The van der Waals surface area contributed by atoms with E-state index in [0.717, 1.165) is 17.9 Å². The highest BCUT2D eigenvalue weighted by atomic mass is 32.2. The summed E-state index contributed by atoms with van der Waals surface area (Å²) in [6.07, 6.45) is 0.790. The topological polar surface area (TPSA) is 61.4 Å². The summed E-state index contributed by atoms with van der Waals surface area (Å²) in [7, 11) is 0. The summed E-state index contributed by atoms with van der Waals surface area (Å²) in [6, 6.07) is 6.08. The fourth-order valence-electron chi connectivity index (χ4n) is 1.37. The number of thioether (sulfide) groups is 1. The van der Waals surface area contributed by atoms with Crippen molar-refractivity contribution in [2.24, 2.45) is 0 Å². The predicted molar refractivity (Wildman–Crippen MR) is 76.9 cm³/mol. The van der Waals surface area contributed by atoms with Gasteiger partial charge in [0.1, 0.15) is 5.82 Å². The normalized spacial score (nSPS) is 10.4. The molecule has 0 saturated carbocycles. The second-order valence-corrected chi connectivity index (χ2v) is 5.12. The van der Waals surface area contributed by atoms with Gasteiger partial charge in [-0.25, -0.2) is 4.39 Å². The van der Waals surface area contributed by atoms with Crippen LogP contribution >= 0.6 is 11.8 Å². The molecule has 1 amide bonds. The fourth-order valence-corrected chi connectivity index (χ4v) is 2.20. The highest BCUT2D eigenvalue weighted by Gasteiger charge is 2.05. The van der Waals surface area contributed by atoms with Gasteiger partial charge in [-0.05, 0) is 24.3 Å². The van der Waals surface area contributed by atoms with Crippen LogP contribution in [0, 0.1) is 5.82 Å². The number of aliphatic hydroxyl groups excluding tert-OH is 1. The molecule has 19 heavy (non-hydrogen) atoms. The smallest absolute Gasteiger partial charge is 0.238 e. The van der Waals surface area contributed by atoms with Gasteiger partial charge in [0, 0.05) is 18.9 Å². The zero-order valence-electron chi connectivity index (χ0n) is 10.7. The number of halogens is 1. The summed E-state index contributed by atoms with van der Waals surface area (Å²) < 4.78 is 13.3.